The average molecular weight is 264 g/mol. The minimum atomic E-state index is -0.960. The third-order valence-electron chi connectivity index (χ3n) is 4.11. The minimum absolute atomic E-state index is 0.220. The van der Waals surface area contributed by atoms with E-state index in [1.54, 1.807) is 19.2 Å². The van der Waals surface area contributed by atoms with Gasteiger partial charge in [0.15, 0.2) is 17.2 Å². The fourth-order valence-electron chi connectivity index (χ4n) is 3.10. The van der Waals surface area contributed by atoms with Crippen LogP contribution in [0.1, 0.15) is 12.5 Å². The summed E-state index contributed by atoms with van der Waals surface area (Å²) in [5.41, 5.74) is 0.133. The second kappa shape index (κ2) is 3.07. The number of benzene rings is 1. The van der Waals surface area contributed by atoms with E-state index >= 15 is 0 Å². The standard InChI is InChI=1S/C13H10F2N2O2/c1-13-7-4-8(14)10(15)6-2-3-17(11(6)7)5-9(13)16-12(18)19-13/h2-4,9H,5H2,1H3,(H,16,18)/t9-,13?/m1/s1. The van der Waals surface area contributed by atoms with Crippen molar-refractivity contribution < 1.29 is 18.3 Å². The Bertz CT molecular complexity index is 740. The number of hydrogen-bond acceptors (Lipinski definition) is 2. The summed E-state index contributed by atoms with van der Waals surface area (Å²) in [6.45, 7) is 2.20. The highest BCUT2D eigenvalue weighted by Gasteiger charge is 2.50. The first-order chi connectivity index (χ1) is 9.00. The maximum Gasteiger partial charge on any atom is 0.408 e. The molecule has 2 aliphatic heterocycles. The van der Waals surface area contributed by atoms with Crippen molar-refractivity contribution in [3.8, 4) is 0 Å². The lowest BCUT2D eigenvalue weighted by molar-refractivity contribution is 0.0430. The molecule has 2 atom stereocenters. The van der Waals surface area contributed by atoms with Crippen LogP contribution in [0.3, 0.4) is 0 Å². The summed E-state index contributed by atoms with van der Waals surface area (Å²) >= 11 is 0. The smallest absolute Gasteiger partial charge is 0.408 e. The second-order valence-corrected chi connectivity index (χ2v) is 5.14. The molecule has 1 fully saturated rings. The third-order valence-corrected chi connectivity index (χ3v) is 4.11. The number of nitrogens with zero attached hydrogens (tertiary/aromatic N) is 1. The Kier molecular flexibility index (Phi) is 1.74. The molecule has 19 heavy (non-hydrogen) atoms. The lowest BCUT2D eigenvalue weighted by atomic mass is 9.85. The quantitative estimate of drug-likeness (QED) is 0.793. The zero-order chi connectivity index (χ0) is 13.4. The number of halogens is 2. The highest BCUT2D eigenvalue weighted by molar-refractivity contribution is 5.87. The Morgan fingerprint density at radius 1 is 1.53 bits per heavy atom. The number of amides is 1. The van der Waals surface area contributed by atoms with E-state index in [-0.39, 0.29) is 11.4 Å². The van der Waals surface area contributed by atoms with Crippen molar-refractivity contribution in [3.05, 3.63) is 35.5 Å². The molecule has 4 nitrogen and oxygen atoms in total. The number of aromatic nitrogens is 1. The maximum absolute atomic E-state index is 13.8. The van der Waals surface area contributed by atoms with Gasteiger partial charge in [-0.05, 0) is 19.1 Å². The van der Waals surface area contributed by atoms with Crippen LogP contribution >= 0.6 is 0 Å². The summed E-state index contributed by atoms with van der Waals surface area (Å²) in [5.74, 6) is -1.79. The molecule has 4 rings (SSSR count). The Labute approximate surface area is 107 Å². The predicted molar refractivity (Wildman–Crippen MR) is 62.6 cm³/mol. The first kappa shape index (κ1) is 10.8. The van der Waals surface area contributed by atoms with E-state index in [4.69, 9.17) is 4.74 Å². The van der Waals surface area contributed by atoms with Crippen molar-refractivity contribution in [2.45, 2.75) is 25.1 Å². The molecule has 1 saturated heterocycles. The van der Waals surface area contributed by atoms with E-state index in [0.29, 0.717) is 17.6 Å². The van der Waals surface area contributed by atoms with Gasteiger partial charge in [0.2, 0.25) is 0 Å². The number of rotatable bonds is 0. The number of carbonyl (C=O) groups is 1. The number of alkyl carbamates (subject to hydrolysis) is 1. The molecule has 98 valence electrons. The van der Waals surface area contributed by atoms with Crippen LogP contribution in [0.2, 0.25) is 0 Å². The van der Waals surface area contributed by atoms with Gasteiger partial charge in [0.1, 0.15) is 0 Å². The topological polar surface area (TPSA) is 43.3 Å². The molecular formula is C13H10F2N2O2. The molecule has 3 heterocycles. The first-order valence-electron chi connectivity index (χ1n) is 5.97. The highest BCUT2D eigenvalue weighted by atomic mass is 19.2. The molecule has 0 bridgehead atoms. The normalized spacial score (nSPS) is 28.2. The largest absolute Gasteiger partial charge is 0.436 e. The third kappa shape index (κ3) is 1.14. The number of fused-ring (bicyclic) bond motifs is 2. The summed E-state index contributed by atoms with van der Waals surface area (Å²) < 4.78 is 34.6. The zero-order valence-corrected chi connectivity index (χ0v) is 10.0. The molecule has 1 N–H and O–H groups in total. The van der Waals surface area contributed by atoms with Crippen LogP contribution in [0.15, 0.2) is 18.3 Å². The van der Waals surface area contributed by atoms with Gasteiger partial charge >= 0.3 is 6.09 Å². The minimum Gasteiger partial charge on any atom is -0.436 e. The summed E-state index contributed by atoms with van der Waals surface area (Å²) in [4.78, 5) is 11.4. The van der Waals surface area contributed by atoms with E-state index in [0.717, 1.165) is 6.07 Å². The molecule has 2 aliphatic rings. The molecule has 0 radical (unpaired) electrons. The van der Waals surface area contributed by atoms with Gasteiger partial charge in [-0.1, -0.05) is 0 Å². The second-order valence-electron chi connectivity index (χ2n) is 5.14. The molecule has 1 unspecified atom stereocenters. The Morgan fingerprint density at radius 2 is 2.32 bits per heavy atom. The fourth-order valence-corrected chi connectivity index (χ4v) is 3.10. The van der Waals surface area contributed by atoms with Crippen LogP contribution in [-0.2, 0) is 16.9 Å². The summed E-state index contributed by atoms with van der Waals surface area (Å²) in [7, 11) is 0. The van der Waals surface area contributed by atoms with Crippen LogP contribution in [0.4, 0.5) is 13.6 Å². The van der Waals surface area contributed by atoms with E-state index in [1.807, 2.05) is 4.57 Å². The molecule has 0 saturated carbocycles. The lowest BCUT2D eigenvalue weighted by Gasteiger charge is -2.34. The maximum atomic E-state index is 13.8. The Morgan fingerprint density at radius 3 is 3.11 bits per heavy atom. The first-order valence-corrected chi connectivity index (χ1v) is 5.97. The van der Waals surface area contributed by atoms with Crippen LogP contribution in [0, 0.1) is 11.6 Å². The van der Waals surface area contributed by atoms with E-state index < -0.39 is 23.3 Å². The van der Waals surface area contributed by atoms with Crippen LogP contribution in [0.25, 0.3) is 10.9 Å². The molecule has 1 aromatic carbocycles. The van der Waals surface area contributed by atoms with Gasteiger partial charge in [0.25, 0.3) is 0 Å². The van der Waals surface area contributed by atoms with Gasteiger partial charge < -0.3 is 14.6 Å². The summed E-state index contributed by atoms with van der Waals surface area (Å²) in [5, 5.41) is 2.93. The average Bonchev–Trinajstić information content (AvgIpc) is 2.88. The molecule has 2 aromatic rings. The van der Waals surface area contributed by atoms with Crippen molar-refractivity contribution in [1.82, 2.24) is 9.88 Å². The predicted octanol–water partition coefficient (Wildman–Crippen LogP) is 2.26. The lowest BCUT2D eigenvalue weighted by Crippen LogP contribution is -2.45. The number of carbonyl (C=O) groups excluding carboxylic acids is 1. The van der Waals surface area contributed by atoms with Gasteiger partial charge in [0, 0.05) is 23.7 Å². The van der Waals surface area contributed by atoms with E-state index in [1.165, 1.54) is 0 Å². The van der Waals surface area contributed by atoms with Crippen LogP contribution in [-0.4, -0.2) is 16.7 Å². The van der Waals surface area contributed by atoms with Crippen molar-refractivity contribution in [2.75, 3.05) is 0 Å². The fraction of sp³-hybridized carbons (Fsp3) is 0.308. The molecule has 6 heteroatoms. The summed E-state index contributed by atoms with van der Waals surface area (Å²) in [6, 6.07) is 2.39. The zero-order valence-electron chi connectivity index (χ0n) is 10.0. The van der Waals surface area contributed by atoms with Gasteiger partial charge in [-0.15, -0.1) is 0 Å². The summed E-state index contributed by atoms with van der Waals surface area (Å²) in [6.07, 6.45) is 1.16. The number of nitrogens with one attached hydrogen (secondary N) is 1. The van der Waals surface area contributed by atoms with Crippen LogP contribution in [0.5, 0.6) is 0 Å². The van der Waals surface area contributed by atoms with Gasteiger partial charge in [0.05, 0.1) is 11.6 Å². The van der Waals surface area contributed by atoms with Gasteiger partial charge in [-0.3, -0.25) is 0 Å². The highest BCUT2D eigenvalue weighted by Crippen LogP contribution is 2.43. The Balaban J connectivity index is 2.11. The SMILES string of the molecule is CC12OC(=O)N[C@@H]1Cn1ccc3c(F)c(F)cc2c31. The number of ether oxygens (including phenoxy) is 1. The number of hydrogen-bond donors (Lipinski definition) is 1. The van der Waals surface area contributed by atoms with Crippen LogP contribution < -0.4 is 5.32 Å². The van der Waals surface area contributed by atoms with Crippen molar-refractivity contribution in [2.24, 2.45) is 0 Å². The Hall–Kier alpha value is -2.11. The molecule has 1 aromatic heterocycles. The van der Waals surface area contributed by atoms with Gasteiger partial charge in [-0.25, -0.2) is 13.6 Å². The van der Waals surface area contributed by atoms with E-state index in [2.05, 4.69) is 5.32 Å². The van der Waals surface area contributed by atoms with Crippen molar-refractivity contribution in [3.63, 3.8) is 0 Å². The van der Waals surface area contributed by atoms with Crippen molar-refractivity contribution in [1.29, 1.82) is 0 Å². The van der Waals surface area contributed by atoms with Gasteiger partial charge in [-0.2, -0.15) is 0 Å². The molecular weight excluding hydrogens is 254 g/mol. The van der Waals surface area contributed by atoms with E-state index in [9.17, 15) is 13.6 Å². The molecule has 0 aliphatic carbocycles. The molecule has 0 spiro atoms. The van der Waals surface area contributed by atoms with Crippen molar-refractivity contribution >= 4 is 17.0 Å². The monoisotopic (exact) mass is 264 g/mol. The molecule has 1 amide bonds.